The Morgan fingerprint density at radius 3 is 2.78 bits per heavy atom. The predicted molar refractivity (Wildman–Crippen MR) is 67.5 cm³/mol. The molecule has 1 aliphatic rings. The van der Waals surface area contributed by atoms with E-state index in [1.807, 2.05) is 0 Å². The summed E-state index contributed by atoms with van der Waals surface area (Å²) >= 11 is 0. The van der Waals surface area contributed by atoms with Crippen LogP contribution >= 0.6 is 0 Å². The fourth-order valence-electron chi connectivity index (χ4n) is 2.11. The van der Waals surface area contributed by atoms with Gasteiger partial charge in [-0.25, -0.2) is 9.24 Å². The van der Waals surface area contributed by atoms with Crippen LogP contribution in [0, 0.1) is 12.4 Å². The molecular formula is C14H16FN2O+. The molecule has 1 fully saturated rings. The molecule has 1 aliphatic heterocycles. The fraction of sp³-hybridized carbons (Fsp3) is 0.357. The molecule has 0 atom stereocenters. The first kappa shape index (κ1) is 12.7. The number of halogens is 1. The van der Waals surface area contributed by atoms with E-state index < -0.39 is 11.4 Å². The largest absolute Gasteiger partial charge is 0.385 e. The zero-order valence-corrected chi connectivity index (χ0v) is 10.1. The Morgan fingerprint density at radius 1 is 1.39 bits per heavy atom. The molecule has 4 heteroatoms. The molecule has 1 aromatic rings. The summed E-state index contributed by atoms with van der Waals surface area (Å²) in [7, 11) is 0. The van der Waals surface area contributed by atoms with Crippen LogP contribution in [0.4, 0.5) is 10.1 Å². The lowest BCUT2D eigenvalue weighted by molar-refractivity contribution is -0.667. The van der Waals surface area contributed by atoms with E-state index in [4.69, 9.17) is 6.57 Å². The molecule has 0 unspecified atom stereocenters. The number of quaternary nitrogens is 1. The van der Waals surface area contributed by atoms with Crippen molar-refractivity contribution in [3.05, 3.63) is 47.1 Å². The van der Waals surface area contributed by atoms with Crippen LogP contribution in [-0.2, 0) is 0 Å². The third kappa shape index (κ3) is 2.95. The van der Waals surface area contributed by atoms with E-state index >= 15 is 0 Å². The highest BCUT2D eigenvalue weighted by Gasteiger charge is 2.27. The predicted octanol–water partition coefficient (Wildman–Crippen LogP) is 1.48. The molecule has 0 saturated carbocycles. The van der Waals surface area contributed by atoms with Crippen LogP contribution in [0.1, 0.15) is 18.4 Å². The summed E-state index contributed by atoms with van der Waals surface area (Å²) in [5.41, 5.74) is -0.00648. The summed E-state index contributed by atoms with van der Waals surface area (Å²) in [4.78, 5) is 3.12. The molecule has 0 spiro atoms. The van der Waals surface area contributed by atoms with Crippen LogP contribution in [0.3, 0.4) is 0 Å². The number of piperidine rings is 1. The second-order valence-electron chi connectivity index (χ2n) is 4.63. The first-order valence-electron chi connectivity index (χ1n) is 6.03. The van der Waals surface area contributed by atoms with Gasteiger partial charge in [-0.05, 0) is 17.7 Å². The maximum Gasteiger partial charge on any atom is 0.222 e. The van der Waals surface area contributed by atoms with Crippen LogP contribution < -0.4 is 5.32 Å². The molecule has 1 heterocycles. The van der Waals surface area contributed by atoms with Gasteiger partial charge in [0, 0.05) is 12.8 Å². The SMILES string of the molecule is [C-]#[N+]c1cc(/C=C/C2(O)CC[NH2+]CC2)ccc1F. The lowest BCUT2D eigenvalue weighted by Gasteiger charge is -2.27. The van der Waals surface area contributed by atoms with Crippen LogP contribution in [0.2, 0.25) is 0 Å². The van der Waals surface area contributed by atoms with Crippen molar-refractivity contribution >= 4 is 11.8 Å². The second-order valence-corrected chi connectivity index (χ2v) is 4.63. The smallest absolute Gasteiger partial charge is 0.222 e. The Morgan fingerprint density at radius 2 is 2.11 bits per heavy atom. The highest BCUT2D eigenvalue weighted by atomic mass is 19.1. The Labute approximate surface area is 106 Å². The molecule has 2 rings (SSSR count). The minimum atomic E-state index is -0.762. The zero-order valence-electron chi connectivity index (χ0n) is 10.1. The second kappa shape index (κ2) is 5.30. The van der Waals surface area contributed by atoms with E-state index in [0.717, 1.165) is 31.5 Å². The Kier molecular flexibility index (Phi) is 3.75. The lowest BCUT2D eigenvalue weighted by Crippen LogP contribution is -2.87. The molecule has 3 nitrogen and oxygen atoms in total. The van der Waals surface area contributed by atoms with Crippen molar-refractivity contribution in [3.8, 4) is 0 Å². The number of nitrogens with two attached hydrogens (primary N) is 1. The Hall–Kier alpha value is -1.70. The summed E-state index contributed by atoms with van der Waals surface area (Å²) in [6.45, 7) is 8.68. The van der Waals surface area contributed by atoms with E-state index in [9.17, 15) is 9.50 Å². The normalized spacial score (nSPS) is 18.7. The van der Waals surface area contributed by atoms with E-state index in [1.165, 1.54) is 12.1 Å². The van der Waals surface area contributed by atoms with Gasteiger partial charge in [0.25, 0.3) is 0 Å². The van der Waals surface area contributed by atoms with E-state index in [1.54, 1.807) is 18.2 Å². The molecule has 0 amide bonds. The van der Waals surface area contributed by atoms with Crippen molar-refractivity contribution in [1.29, 1.82) is 0 Å². The lowest BCUT2D eigenvalue weighted by atomic mass is 9.91. The summed E-state index contributed by atoms with van der Waals surface area (Å²) in [6.07, 6.45) is 4.97. The molecule has 1 saturated heterocycles. The standard InChI is InChI=1S/C14H15FN2O/c1-16-13-10-11(2-3-12(13)15)4-5-14(18)6-8-17-9-7-14/h2-5,10,17-18H,6-9H2/p+1/b5-4+. The van der Waals surface area contributed by atoms with Crippen molar-refractivity contribution in [2.75, 3.05) is 13.1 Å². The molecule has 0 radical (unpaired) electrons. The monoisotopic (exact) mass is 247 g/mol. The first-order chi connectivity index (χ1) is 8.63. The fourth-order valence-corrected chi connectivity index (χ4v) is 2.11. The van der Waals surface area contributed by atoms with Crippen molar-refractivity contribution < 1.29 is 14.8 Å². The van der Waals surface area contributed by atoms with Crippen LogP contribution in [-0.4, -0.2) is 23.8 Å². The van der Waals surface area contributed by atoms with Gasteiger partial charge in [0.05, 0.1) is 25.3 Å². The van der Waals surface area contributed by atoms with Gasteiger partial charge < -0.3 is 10.4 Å². The van der Waals surface area contributed by atoms with Gasteiger partial charge in [-0.3, -0.25) is 0 Å². The maximum atomic E-state index is 13.1. The van der Waals surface area contributed by atoms with Gasteiger partial charge in [-0.15, -0.1) is 0 Å². The zero-order chi connectivity index (χ0) is 13.0. The highest BCUT2D eigenvalue weighted by molar-refractivity contribution is 5.59. The van der Waals surface area contributed by atoms with Crippen LogP contribution in [0.5, 0.6) is 0 Å². The number of benzene rings is 1. The minimum absolute atomic E-state index is 0.0149. The van der Waals surface area contributed by atoms with E-state index in [0.29, 0.717) is 0 Å². The molecule has 0 bridgehead atoms. The average molecular weight is 247 g/mol. The van der Waals surface area contributed by atoms with Gasteiger partial charge in [-0.2, -0.15) is 0 Å². The summed E-state index contributed by atoms with van der Waals surface area (Å²) < 4.78 is 13.1. The van der Waals surface area contributed by atoms with Gasteiger partial charge in [0.2, 0.25) is 5.69 Å². The van der Waals surface area contributed by atoms with E-state index in [2.05, 4.69) is 10.2 Å². The number of hydrogen-bond donors (Lipinski definition) is 2. The van der Waals surface area contributed by atoms with E-state index in [-0.39, 0.29) is 5.69 Å². The van der Waals surface area contributed by atoms with Crippen molar-refractivity contribution in [2.24, 2.45) is 0 Å². The molecule has 18 heavy (non-hydrogen) atoms. The van der Waals surface area contributed by atoms with Crippen LogP contribution in [0.15, 0.2) is 24.3 Å². The van der Waals surface area contributed by atoms with Gasteiger partial charge in [-0.1, -0.05) is 18.2 Å². The summed E-state index contributed by atoms with van der Waals surface area (Å²) in [5.74, 6) is -0.506. The maximum absolute atomic E-state index is 13.1. The quantitative estimate of drug-likeness (QED) is 0.764. The molecular weight excluding hydrogens is 231 g/mol. The van der Waals surface area contributed by atoms with Crippen molar-refractivity contribution in [2.45, 2.75) is 18.4 Å². The van der Waals surface area contributed by atoms with Gasteiger partial charge in [0.15, 0.2) is 0 Å². The highest BCUT2D eigenvalue weighted by Crippen LogP contribution is 2.23. The Bertz CT molecular complexity index is 499. The molecule has 0 aliphatic carbocycles. The number of aliphatic hydroxyl groups is 1. The summed E-state index contributed by atoms with van der Waals surface area (Å²) in [5, 5.41) is 12.5. The third-order valence-electron chi connectivity index (χ3n) is 3.24. The minimum Gasteiger partial charge on any atom is -0.385 e. The number of hydrogen-bond acceptors (Lipinski definition) is 1. The summed E-state index contributed by atoms with van der Waals surface area (Å²) in [6, 6.07) is 4.39. The molecule has 0 aromatic heterocycles. The third-order valence-corrected chi connectivity index (χ3v) is 3.24. The average Bonchev–Trinajstić information content (AvgIpc) is 2.39. The number of nitrogens with zero attached hydrogens (tertiary/aromatic N) is 1. The van der Waals surface area contributed by atoms with Gasteiger partial charge >= 0.3 is 0 Å². The topological polar surface area (TPSA) is 41.2 Å². The first-order valence-corrected chi connectivity index (χ1v) is 6.03. The van der Waals surface area contributed by atoms with Gasteiger partial charge in [0.1, 0.15) is 5.82 Å². The molecule has 94 valence electrons. The number of rotatable bonds is 2. The van der Waals surface area contributed by atoms with Crippen molar-refractivity contribution in [3.63, 3.8) is 0 Å². The Balaban J connectivity index is 2.16. The van der Waals surface area contributed by atoms with Crippen LogP contribution in [0.25, 0.3) is 10.9 Å². The molecule has 1 aromatic carbocycles. The molecule has 3 N–H and O–H groups in total. The van der Waals surface area contributed by atoms with Crippen molar-refractivity contribution in [1.82, 2.24) is 0 Å².